The number of piperazine rings is 1. The molecule has 2 heterocycles. The number of fused-ring (bicyclic) bond motifs is 2. The van der Waals surface area contributed by atoms with Gasteiger partial charge in [0.2, 0.25) is 0 Å². The smallest absolute Gasteiger partial charge is 0.124 e. The Morgan fingerprint density at radius 3 is 2.64 bits per heavy atom. The second kappa shape index (κ2) is 7.10. The highest BCUT2D eigenvalue weighted by Crippen LogP contribution is 2.44. The predicted octanol–water partition coefficient (Wildman–Crippen LogP) is 4.60. The topological polar surface area (TPSA) is 15.3 Å². The van der Waals surface area contributed by atoms with E-state index in [-0.39, 0.29) is 5.82 Å². The molecular formula is C21H25FN2S. The van der Waals surface area contributed by atoms with Crippen molar-refractivity contribution in [3.05, 3.63) is 58.9 Å². The van der Waals surface area contributed by atoms with Crippen molar-refractivity contribution in [1.29, 1.82) is 0 Å². The number of halogens is 1. The summed E-state index contributed by atoms with van der Waals surface area (Å²) >= 11 is 1.72. The molecule has 4 heteroatoms. The van der Waals surface area contributed by atoms with E-state index < -0.39 is 0 Å². The van der Waals surface area contributed by atoms with Gasteiger partial charge in [-0.05, 0) is 47.2 Å². The molecule has 0 aliphatic carbocycles. The molecule has 0 saturated carbocycles. The van der Waals surface area contributed by atoms with Crippen LogP contribution in [0.3, 0.4) is 0 Å². The zero-order chi connectivity index (χ0) is 17.4. The minimum absolute atomic E-state index is 0.146. The van der Waals surface area contributed by atoms with E-state index in [2.05, 4.69) is 42.3 Å². The Bertz CT molecular complexity index is 768. The van der Waals surface area contributed by atoms with Crippen LogP contribution in [0.1, 0.15) is 42.5 Å². The Kier molecular flexibility index (Phi) is 4.85. The highest BCUT2D eigenvalue weighted by atomic mass is 32.2. The van der Waals surface area contributed by atoms with Crippen molar-refractivity contribution in [3.8, 4) is 0 Å². The van der Waals surface area contributed by atoms with Crippen LogP contribution in [0.15, 0.2) is 46.2 Å². The second-order valence-corrected chi connectivity index (χ2v) is 8.40. The minimum Gasteiger partial charge on any atom is -0.314 e. The lowest BCUT2D eigenvalue weighted by atomic mass is 9.93. The number of benzene rings is 2. The first-order valence-corrected chi connectivity index (χ1v) is 9.98. The molecule has 0 unspecified atom stereocenters. The first-order valence-electron chi connectivity index (χ1n) is 9.16. The molecule has 1 saturated heterocycles. The zero-order valence-corrected chi connectivity index (χ0v) is 15.7. The summed E-state index contributed by atoms with van der Waals surface area (Å²) in [5, 5.41) is 3.45. The molecule has 2 nitrogen and oxygen atoms in total. The third-order valence-electron chi connectivity index (χ3n) is 5.31. The van der Waals surface area contributed by atoms with Crippen molar-refractivity contribution in [2.45, 2.75) is 42.0 Å². The molecular weight excluding hydrogens is 331 g/mol. The van der Waals surface area contributed by atoms with Crippen LogP contribution in [0.25, 0.3) is 0 Å². The van der Waals surface area contributed by atoms with Gasteiger partial charge >= 0.3 is 0 Å². The van der Waals surface area contributed by atoms with Gasteiger partial charge in [0.25, 0.3) is 0 Å². The van der Waals surface area contributed by atoms with Gasteiger partial charge in [0.05, 0.1) is 0 Å². The first kappa shape index (κ1) is 17.1. The molecule has 2 aromatic rings. The molecule has 0 spiro atoms. The van der Waals surface area contributed by atoms with Gasteiger partial charge in [-0.3, -0.25) is 4.90 Å². The van der Waals surface area contributed by atoms with Crippen molar-refractivity contribution < 1.29 is 4.39 Å². The van der Waals surface area contributed by atoms with Crippen LogP contribution in [0.4, 0.5) is 4.39 Å². The van der Waals surface area contributed by atoms with E-state index in [1.807, 2.05) is 6.07 Å². The van der Waals surface area contributed by atoms with E-state index in [1.165, 1.54) is 21.6 Å². The lowest BCUT2D eigenvalue weighted by molar-refractivity contribution is 0.170. The van der Waals surface area contributed by atoms with Gasteiger partial charge < -0.3 is 5.32 Å². The molecule has 25 heavy (non-hydrogen) atoms. The summed E-state index contributed by atoms with van der Waals surface area (Å²) in [5.41, 5.74) is 4.06. The average Bonchev–Trinajstić information content (AvgIpc) is 2.78. The van der Waals surface area contributed by atoms with Gasteiger partial charge in [0.1, 0.15) is 5.82 Å². The molecule has 4 rings (SSSR count). The summed E-state index contributed by atoms with van der Waals surface area (Å²) in [4.78, 5) is 4.94. The number of rotatable bonds is 2. The lowest BCUT2D eigenvalue weighted by Crippen LogP contribution is -2.45. The van der Waals surface area contributed by atoms with E-state index in [1.54, 1.807) is 23.9 Å². The maximum atomic E-state index is 13.8. The Balaban J connectivity index is 1.81. The molecule has 1 atom stereocenters. The number of hydrogen-bond donors (Lipinski definition) is 1. The highest BCUT2D eigenvalue weighted by Gasteiger charge is 2.29. The molecule has 0 amide bonds. The largest absolute Gasteiger partial charge is 0.314 e. The van der Waals surface area contributed by atoms with Crippen LogP contribution in [0, 0.1) is 5.82 Å². The Morgan fingerprint density at radius 2 is 1.88 bits per heavy atom. The lowest BCUT2D eigenvalue weighted by Gasteiger charge is -2.35. The van der Waals surface area contributed by atoms with Gasteiger partial charge in [0, 0.05) is 42.0 Å². The highest BCUT2D eigenvalue weighted by molar-refractivity contribution is 7.99. The molecule has 2 aliphatic heterocycles. The summed E-state index contributed by atoms with van der Waals surface area (Å²) in [7, 11) is 0. The van der Waals surface area contributed by atoms with Gasteiger partial charge in [-0.15, -0.1) is 0 Å². The number of nitrogens with zero attached hydrogens (tertiary/aromatic N) is 1. The maximum absolute atomic E-state index is 13.8. The fourth-order valence-electron chi connectivity index (χ4n) is 3.83. The van der Waals surface area contributed by atoms with Gasteiger partial charge in [-0.25, -0.2) is 4.39 Å². The quantitative estimate of drug-likeness (QED) is 0.846. The number of hydrogen-bond acceptors (Lipinski definition) is 3. The van der Waals surface area contributed by atoms with E-state index in [0.29, 0.717) is 12.0 Å². The van der Waals surface area contributed by atoms with E-state index >= 15 is 0 Å². The van der Waals surface area contributed by atoms with Crippen molar-refractivity contribution in [2.24, 2.45) is 0 Å². The van der Waals surface area contributed by atoms with Crippen molar-refractivity contribution in [1.82, 2.24) is 10.2 Å². The van der Waals surface area contributed by atoms with E-state index in [9.17, 15) is 4.39 Å². The normalized spacial score (nSPS) is 20.9. The Hall–Kier alpha value is -1.36. The molecule has 0 radical (unpaired) electrons. The predicted molar refractivity (Wildman–Crippen MR) is 102 cm³/mol. The number of nitrogens with one attached hydrogen (secondary N) is 1. The minimum atomic E-state index is -0.146. The monoisotopic (exact) mass is 356 g/mol. The SMILES string of the molecule is CC(C)c1ccc2c(c1)[C@@H](N1CCNCC1)Cc1ccc(F)cc1S2. The van der Waals surface area contributed by atoms with E-state index in [0.717, 1.165) is 37.5 Å². The summed E-state index contributed by atoms with van der Waals surface area (Å²) in [6.07, 6.45) is 0.956. The zero-order valence-electron chi connectivity index (χ0n) is 14.9. The van der Waals surface area contributed by atoms with Crippen molar-refractivity contribution in [3.63, 3.8) is 0 Å². The van der Waals surface area contributed by atoms with Gasteiger partial charge in [-0.1, -0.05) is 43.8 Å². The molecule has 2 aliphatic rings. The maximum Gasteiger partial charge on any atom is 0.124 e. The molecule has 2 aromatic carbocycles. The van der Waals surface area contributed by atoms with E-state index in [4.69, 9.17) is 0 Å². The van der Waals surface area contributed by atoms with Crippen LogP contribution in [-0.4, -0.2) is 31.1 Å². The molecule has 0 bridgehead atoms. The van der Waals surface area contributed by atoms with Crippen LogP contribution >= 0.6 is 11.8 Å². The third kappa shape index (κ3) is 3.48. The Morgan fingerprint density at radius 1 is 1.08 bits per heavy atom. The first-order chi connectivity index (χ1) is 12.1. The summed E-state index contributed by atoms with van der Waals surface area (Å²) in [6, 6.07) is 12.5. The summed E-state index contributed by atoms with van der Waals surface area (Å²) in [6.45, 7) is 8.71. The molecule has 132 valence electrons. The van der Waals surface area contributed by atoms with Crippen LogP contribution < -0.4 is 5.32 Å². The standard InChI is InChI=1S/C21H25FN2S/c1-14(2)15-4-6-20-18(11-15)19(24-9-7-23-8-10-24)12-16-3-5-17(22)13-21(16)25-20/h3-6,11,13-14,19,23H,7-10,12H2,1-2H3/t19-/m0/s1. The fourth-order valence-corrected chi connectivity index (χ4v) is 4.97. The molecule has 1 fully saturated rings. The van der Waals surface area contributed by atoms with Gasteiger partial charge in [0.15, 0.2) is 0 Å². The summed E-state index contributed by atoms with van der Waals surface area (Å²) < 4.78 is 13.8. The van der Waals surface area contributed by atoms with Crippen LogP contribution in [-0.2, 0) is 6.42 Å². The van der Waals surface area contributed by atoms with Crippen molar-refractivity contribution in [2.75, 3.05) is 26.2 Å². The fraction of sp³-hybridized carbons (Fsp3) is 0.429. The molecule has 1 N–H and O–H groups in total. The van der Waals surface area contributed by atoms with Gasteiger partial charge in [-0.2, -0.15) is 0 Å². The second-order valence-electron chi connectivity index (χ2n) is 7.31. The van der Waals surface area contributed by atoms with Crippen molar-refractivity contribution >= 4 is 11.8 Å². The third-order valence-corrected chi connectivity index (χ3v) is 6.51. The Labute approximate surface area is 153 Å². The van der Waals surface area contributed by atoms with Crippen LogP contribution in [0.2, 0.25) is 0 Å². The average molecular weight is 357 g/mol. The van der Waals surface area contributed by atoms with Crippen LogP contribution in [0.5, 0.6) is 0 Å². The molecule has 0 aromatic heterocycles. The summed E-state index contributed by atoms with van der Waals surface area (Å²) in [5.74, 6) is 0.370.